The highest BCUT2D eigenvalue weighted by Crippen LogP contribution is 2.39. The molecule has 3 aromatic rings. The van der Waals surface area contributed by atoms with E-state index in [1.54, 1.807) is 0 Å². The van der Waals surface area contributed by atoms with Crippen molar-refractivity contribution in [3.8, 4) is 40.1 Å². The van der Waals surface area contributed by atoms with Crippen molar-refractivity contribution < 1.29 is 78.9 Å². The quantitative estimate of drug-likeness (QED) is 0.0328. The molecule has 62 heavy (non-hydrogen) atoms. The molecule has 2 aromatic carbocycles. The molecule has 10 atom stereocenters. The molecule has 2 aliphatic heterocycles. The van der Waals surface area contributed by atoms with E-state index in [2.05, 4.69) is 43.4 Å². The lowest BCUT2D eigenvalue weighted by molar-refractivity contribution is -0.319. The van der Waals surface area contributed by atoms with Crippen LogP contribution in [0.15, 0.2) is 76.0 Å². The minimum atomic E-state index is -2.00. The molecule has 0 spiro atoms. The Bertz CT molecular complexity index is 2080. The van der Waals surface area contributed by atoms with Crippen molar-refractivity contribution in [3.63, 3.8) is 0 Å². The highest BCUT2D eigenvalue weighted by molar-refractivity contribution is 5.88. The predicted octanol–water partition coefficient (Wildman–Crippen LogP) is 4.45. The van der Waals surface area contributed by atoms with Crippen LogP contribution in [0.2, 0.25) is 0 Å². The molecule has 10 unspecified atom stereocenters. The van der Waals surface area contributed by atoms with E-state index in [1.807, 2.05) is 0 Å². The van der Waals surface area contributed by atoms with E-state index in [9.17, 15) is 55.5 Å². The van der Waals surface area contributed by atoms with Crippen LogP contribution >= 0.6 is 0 Å². The topological polar surface area (TPSA) is 275 Å². The van der Waals surface area contributed by atoms with Crippen molar-refractivity contribution >= 4 is 16.9 Å². The number of carbonyl (C=O) groups is 1. The molecule has 2 saturated heterocycles. The molecular formula is C45H58O17. The maximum Gasteiger partial charge on any atom is 0.306 e. The largest absolute Gasteiger partial charge is 0.508 e. The predicted molar refractivity (Wildman–Crippen MR) is 223 cm³/mol. The van der Waals surface area contributed by atoms with E-state index in [-0.39, 0.29) is 17.6 Å². The molecule has 0 bridgehead atoms. The Balaban J connectivity index is 1.13. The second kappa shape index (κ2) is 22.9. The smallest absolute Gasteiger partial charge is 0.306 e. The minimum Gasteiger partial charge on any atom is -0.508 e. The van der Waals surface area contributed by atoms with Crippen LogP contribution in [0.5, 0.6) is 28.7 Å². The second-order valence-corrected chi connectivity index (χ2v) is 15.3. The first kappa shape index (κ1) is 48.1. The Morgan fingerprint density at radius 1 is 0.726 bits per heavy atom. The third-order valence-electron chi connectivity index (χ3n) is 10.6. The number of phenols is 4. The van der Waals surface area contributed by atoms with Crippen molar-refractivity contribution in [3.05, 3.63) is 77.0 Å². The Kier molecular flexibility index (Phi) is 17.8. The van der Waals surface area contributed by atoms with Crippen LogP contribution in [0, 0.1) is 0 Å². The van der Waals surface area contributed by atoms with Gasteiger partial charge in [-0.1, -0.05) is 62.6 Å². The van der Waals surface area contributed by atoms with Gasteiger partial charge in [-0.05, 0) is 63.6 Å². The lowest BCUT2D eigenvalue weighted by atomic mass is 9.98. The molecule has 1 aromatic heterocycles. The normalized spacial score (nSPS) is 26.8. The van der Waals surface area contributed by atoms with Gasteiger partial charge in [0.15, 0.2) is 29.7 Å². The van der Waals surface area contributed by atoms with Gasteiger partial charge in [0.25, 0.3) is 0 Å². The van der Waals surface area contributed by atoms with Crippen molar-refractivity contribution in [1.82, 2.24) is 0 Å². The molecule has 9 N–H and O–H groups in total. The maximum absolute atomic E-state index is 13.8. The van der Waals surface area contributed by atoms with Crippen LogP contribution in [0.3, 0.4) is 0 Å². The Morgan fingerprint density at radius 3 is 2.13 bits per heavy atom. The third-order valence-corrected chi connectivity index (χ3v) is 10.6. The summed E-state index contributed by atoms with van der Waals surface area (Å²) in [6.45, 7) is 2.99. The fourth-order valence-corrected chi connectivity index (χ4v) is 7.09. The number of benzene rings is 2. The summed E-state index contributed by atoms with van der Waals surface area (Å²) >= 11 is 0. The number of carbonyl (C=O) groups excluding carboxylic acids is 1. The third kappa shape index (κ3) is 12.4. The van der Waals surface area contributed by atoms with Gasteiger partial charge in [0, 0.05) is 24.1 Å². The minimum absolute atomic E-state index is 0.0386. The van der Waals surface area contributed by atoms with Crippen molar-refractivity contribution in [2.75, 3.05) is 6.61 Å². The van der Waals surface area contributed by atoms with E-state index in [4.69, 9.17) is 28.1 Å². The molecule has 3 heterocycles. The highest BCUT2D eigenvalue weighted by Gasteiger charge is 2.49. The number of phenolic OH excluding ortho intramolecular Hbond substituents is 4. The number of allylic oxidation sites excluding steroid dienone is 6. The fraction of sp³-hybridized carbons (Fsp3) is 0.511. The molecule has 17 heteroatoms. The van der Waals surface area contributed by atoms with Gasteiger partial charge in [0.1, 0.15) is 59.1 Å². The van der Waals surface area contributed by atoms with Crippen LogP contribution in [-0.2, 0) is 23.7 Å². The van der Waals surface area contributed by atoms with E-state index in [0.717, 1.165) is 75.6 Å². The summed E-state index contributed by atoms with van der Waals surface area (Å²) in [5, 5.41) is 94.4. The maximum atomic E-state index is 13.8. The van der Waals surface area contributed by atoms with Gasteiger partial charge < -0.3 is 74.1 Å². The van der Waals surface area contributed by atoms with Gasteiger partial charge in [-0.3, -0.25) is 9.59 Å². The summed E-state index contributed by atoms with van der Waals surface area (Å²) in [6, 6.07) is 5.26. The van der Waals surface area contributed by atoms with Gasteiger partial charge in [0.2, 0.25) is 17.5 Å². The van der Waals surface area contributed by atoms with E-state index >= 15 is 0 Å². The number of hydrogen-bond acceptors (Lipinski definition) is 17. The monoisotopic (exact) mass is 870 g/mol. The summed E-state index contributed by atoms with van der Waals surface area (Å²) in [5.41, 5.74) is -1.37. The summed E-state index contributed by atoms with van der Waals surface area (Å²) in [7, 11) is 0. The standard InChI is InChI=1S/C45H58O17/c1-3-4-5-6-7-8-9-10-11-12-13-14-15-16-17-18-33(50)61-41-25(2)58-44(40(56)38(41)54)57-24-32-35(51)37(53)39(55)45(60-32)62-43-36(52)34-30(49)22-27(46)23-31(34)59-42(43)26-19-20-28(47)29(48)21-26/h4-5,7-8,10-11,19-23,25,32,35,37-41,44-49,51,53-56H,3,6,9,12-18,24H2,1-2H3/b5-4-,8-7-,11-10-. The Hall–Kier alpha value is -4.98. The van der Waals surface area contributed by atoms with Crippen LogP contribution in [0.25, 0.3) is 22.3 Å². The number of fused-ring (bicyclic) bond motifs is 1. The van der Waals surface area contributed by atoms with E-state index in [0.29, 0.717) is 6.42 Å². The number of rotatable bonds is 20. The van der Waals surface area contributed by atoms with Gasteiger partial charge in [-0.2, -0.15) is 0 Å². The lowest BCUT2D eigenvalue weighted by Gasteiger charge is -2.43. The number of ether oxygens (including phenoxy) is 5. The van der Waals surface area contributed by atoms with Crippen molar-refractivity contribution in [2.24, 2.45) is 0 Å². The summed E-state index contributed by atoms with van der Waals surface area (Å²) in [6.07, 6.45) is 5.17. The molecule has 340 valence electrons. The number of aliphatic hydroxyl groups excluding tert-OH is 5. The first-order valence-electron chi connectivity index (χ1n) is 20.9. The first-order valence-corrected chi connectivity index (χ1v) is 20.9. The zero-order chi connectivity index (χ0) is 44.9. The first-order chi connectivity index (χ1) is 29.7. The molecule has 5 rings (SSSR count). The Labute approximate surface area is 358 Å². The number of aromatic hydroxyl groups is 4. The van der Waals surface area contributed by atoms with Crippen LogP contribution in [0.1, 0.15) is 78.1 Å². The van der Waals surface area contributed by atoms with Crippen LogP contribution < -0.4 is 10.2 Å². The van der Waals surface area contributed by atoms with Crippen molar-refractivity contribution in [1.29, 1.82) is 0 Å². The summed E-state index contributed by atoms with van der Waals surface area (Å²) in [4.78, 5) is 26.5. The zero-order valence-corrected chi connectivity index (χ0v) is 34.7. The molecule has 0 aliphatic carbocycles. The molecule has 0 saturated carbocycles. The number of hydrogen-bond donors (Lipinski definition) is 9. The van der Waals surface area contributed by atoms with Crippen LogP contribution in [-0.4, -0.2) is 120 Å². The zero-order valence-electron chi connectivity index (χ0n) is 34.7. The number of aliphatic hydroxyl groups is 5. The van der Waals surface area contributed by atoms with Gasteiger partial charge in [-0.15, -0.1) is 0 Å². The van der Waals surface area contributed by atoms with E-state index < -0.39 is 119 Å². The summed E-state index contributed by atoms with van der Waals surface area (Å²) < 4.78 is 34.2. The van der Waals surface area contributed by atoms with Gasteiger partial charge in [0.05, 0.1) is 12.7 Å². The average Bonchev–Trinajstić information content (AvgIpc) is 3.23. The van der Waals surface area contributed by atoms with Gasteiger partial charge in [-0.25, -0.2) is 0 Å². The molecular weight excluding hydrogens is 812 g/mol. The highest BCUT2D eigenvalue weighted by atomic mass is 16.7. The number of unbranched alkanes of at least 4 members (excludes halogenated alkanes) is 5. The number of esters is 1. The van der Waals surface area contributed by atoms with E-state index in [1.165, 1.54) is 13.0 Å². The van der Waals surface area contributed by atoms with Crippen molar-refractivity contribution in [2.45, 2.75) is 139 Å². The fourth-order valence-electron chi connectivity index (χ4n) is 7.09. The summed E-state index contributed by atoms with van der Waals surface area (Å²) in [5.74, 6) is -3.93. The molecule has 2 aliphatic rings. The molecule has 0 amide bonds. The van der Waals surface area contributed by atoms with Crippen LogP contribution in [0.4, 0.5) is 0 Å². The van der Waals surface area contributed by atoms with Gasteiger partial charge >= 0.3 is 5.97 Å². The lowest BCUT2D eigenvalue weighted by Crippen LogP contribution is -2.62. The SMILES string of the molecule is CC/C=C\C/C=C\C/C=C\CCCCCCCC(=O)OC1C(C)OC(OCC2OC(Oc3c(-c4ccc(O)c(O)c4)oc4cc(O)cc(O)c4c3=O)C(O)C(O)C2O)C(O)C1O. The molecule has 0 radical (unpaired) electrons. The second-order valence-electron chi connectivity index (χ2n) is 15.3. The molecule has 2 fully saturated rings. The average molecular weight is 871 g/mol. The Morgan fingerprint density at radius 2 is 1.40 bits per heavy atom. The molecule has 17 nitrogen and oxygen atoms in total.